The molecule has 1 N–H and O–H groups in total. The molecule has 102 valence electrons. The molecule has 0 saturated heterocycles. The fourth-order valence-electron chi connectivity index (χ4n) is 1.64. The summed E-state index contributed by atoms with van der Waals surface area (Å²) in [6.45, 7) is 5.76. The highest BCUT2D eigenvalue weighted by Crippen LogP contribution is 2.24. The van der Waals surface area contributed by atoms with Crippen molar-refractivity contribution in [2.24, 2.45) is 0 Å². The van der Waals surface area contributed by atoms with Crippen LogP contribution in [0.5, 0.6) is 5.75 Å². The molecule has 0 heterocycles. The first-order valence-corrected chi connectivity index (χ1v) is 6.84. The fraction of sp³-hybridized carbons (Fsp3) is 0.571. The van der Waals surface area contributed by atoms with Gasteiger partial charge in [-0.15, -0.1) is 0 Å². The Labute approximate surface area is 113 Å². The van der Waals surface area contributed by atoms with Crippen LogP contribution >= 0.6 is 11.6 Å². The van der Waals surface area contributed by atoms with Gasteiger partial charge in [0.1, 0.15) is 6.10 Å². The predicted molar refractivity (Wildman–Crippen MR) is 73.9 cm³/mol. The smallest absolute Gasteiger partial charge is 0.183 e. The highest BCUT2D eigenvalue weighted by Gasteiger charge is 2.10. The van der Waals surface area contributed by atoms with Crippen molar-refractivity contribution < 1.29 is 9.13 Å². The molecule has 0 fully saturated rings. The van der Waals surface area contributed by atoms with Crippen molar-refractivity contribution in [1.29, 1.82) is 0 Å². The summed E-state index contributed by atoms with van der Waals surface area (Å²) in [7, 11) is 0. The first kappa shape index (κ1) is 15.3. The van der Waals surface area contributed by atoms with Crippen LogP contribution in [-0.4, -0.2) is 19.2 Å². The number of halogens is 2. The molecule has 0 aromatic heterocycles. The van der Waals surface area contributed by atoms with Crippen molar-refractivity contribution in [1.82, 2.24) is 5.32 Å². The summed E-state index contributed by atoms with van der Waals surface area (Å²) in [6, 6.07) is 4.79. The van der Waals surface area contributed by atoms with Gasteiger partial charge in [0.2, 0.25) is 0 Å². The largest absolute Gasteiger partial charge is 0.486 e. The second-order valence-corrected chi connectivity index (χ2v) is 4.80. The van der Waals surface area contributed by atoms with Gasteiger partial charge in [-0.25, -0.2) is 4.39 Å². The Kier molecular flexibility index (Phi) is 7.06. The molecule has 0 radical (unpaired) electrons. The van der Waals surface area contributed by atoms with E-state index >= 15 is 0 Å². The van der Waals surface area contributed by atoms with Crippen molar-refractivity contribution in [3.8, 4) is 5.75 Å². The maximum atomic E-state index is 13.6. The molecule has 0 spiro atoms. The Morgan fingerprint density at radius 2 is 2.17 bits per heavy atom. The average Bonchev–Trinajstić information content (AvgIpc) is 2.35. The molecule has 0 saturated carbocycles. The summed E-state index contributed by atoms with van der Waals surface area (Å²) in [5, 5.41) is 3.39. The highest BCUT2D eigenvalue weighted by atomic mass is 35.5. The van der Waals surface area contributed by atoms with Crippen molar-refractivity contribution in [3.63, 3.8) is 0 Å². The first-order chi connectivity index (χ1) is 8.65. The Hall–Kier alpha value is -0.800. The van der Waals surface area contributed by atoms with Gasteiger partial charge >= 0.3 is 0 Å². The van der Waals surface area contributed by atoms with Gasteiger partial charge in [-0.05, 0) is 32.0 Å². The minimum atomic E-state index is -0.489. The molecule has 1 aromatic rings. The maximum absolute atomic E-state index is 13.6. The van der Waals surface area contributed by atoms with E-state index in [1.807, 2.05) is 6.92 Å². The molecule has 0 aliphatic rings. The maximum Gasteiger partial charge on any atom is 0.183 e. The van der Waals surface area contributed by atoms with Crippen molar-refractivity contribution in [3.05, 3.63) is 29.0 Å². The molecule has 0 aliphatic carbocycles. The Balaban J connectivity index is 2.31. The lowest BCUT2D eigenvalue weighted by molar-refractivity contribution is 0.208. The molecular weight excluding hydrogens is 253 g/mol. The van der Waals surface area contributed by atoms with Crippen LogP contribution in [0.15, 0.2) is 18.2 Å². The SMILES string of the molecule is CCCCCNCC(C)Oc1cccc(Cl)c1F. The number of benzene rings is 1. The Morgan fingerprint density at radius 1 is 1.39 bits per heavy atom. The zero-order valence-electron chi connectivity index (χ0n) is 11.0. The topological polar surface area (TPSA) is 21.3 Å². The van der Waals surface area contributed by atoms with Crippen LogP contribution in [0, 0.1) is 5.82 Å². The molecule has 18 heavy (non-hydrogen) atoms. The van der Waals surface area contributed by atoms with Gasteiger partial charge in [0.25, 0.3) is 0 Å². The summed E-state index contributed by atoms with van der Waals surface area (Å²) in [6.07, 6.45) is 3.51. The number of ether oxygens (including phenoxy) is 1. The molecule has 0 amide bonds. The van der Waals surface area contributed by atoms with Crippen LogP contribution in [0.1, 0.15) is 33.1 Å². The summed E-state index contributed by atoms with van der Waals surface area (Å²) >= 11 is 5.69. The zero-order valence-corrected chi connectivity index (χ0v) is 11.8. The van der Waals surface area contributed by atoms with Gasteiger partial charge in [-0.2, -0.15) is 0 Å². The number of nitrogens with one attached hydrogen (secondary N) is 1. The summed E-state index contributed by atoms with van der Waals surface area (Å²) < 4.78 is 19.1. The van der Waals surface area contributed by atoms with Crippen molar-refractivity contribution in [2.75, 3.05) is 13.1 Å². The van der Waals surface area contributed by atoms with Crippen LogP contribution in [0.4, 0.5) is 4.39 Å². The minimum Gasteiger partial charge on any atom is -0.486 e. The van der Waals surface area contributed by atoms with Gasteiger partial charge in [-0.3, -0.25) is 0 Å². The molecule has 4 heteroatoms. The highest BCUT2D eigenvalue weighted by molar-refractivity contribution is 6.30. The summed E-state index contributed by atoms with van der Waals surface area (Å²) in [4.78, 5) is 0. The van der Waals surface area contributed by atoms with Crippen LogP contribution in [0.3, 0.4) is 0 Å². The number of unbranched alkanes of at least 4 members (excludes halogenated alkanes) is 2. The Morgan fingerprint density at radius 3 is 2.89 bits per heavy atom. The molecule has 1 unspecified atom stereocenters. The molecule has 2 nitrogen and oxygen atoms in total. The standard InChI is InChI=1S/C14H21ClFNO/c1-3-4-5-9-17-10-11(2)18-13-8-6-7-12(15)14(13)16/h6-8,11,17H,3-5,9-10H2,1-2H3. The van der Waals surface area contributed by atoms with E-state index in [1.54, 1.807) is 12.1 Å². The van der Waals surface area contributed by atoms with Crippen LogP contribution in [0.2, 0.25) is 5.02 Å². The average molecular weight is 274 g/mol. The van der Waals surface area contributed by atoms with Crippen molar-refractivity contribution >= 4 is 11.6 Å². The van der Waals surface area contributed by atoms with E-state index in [4.69, 9.17) is 16.3 Å². The van der Waals surface area contributed by atoms with Crippen molar-refractivity contribution in [2.45, 2.75) is 39.2 Å². The normalized spacial score (nSPS) is 12.4. The second kappa shape index (κ2) is 8.33. The molecule has 0 bridgehead atoms. The fourth-order valence-corrected chi connectivity index (χ4v) is 1.80. The molecule has 1 rings (SSSR count). The van der Waals surface area contributed by atoms with Gasteiger partial charge in [-0.1, -0.05) is 37.4 Å². The number of hydrogen-bond acceptors (Lipinski definition) is 2. The lowest BCUT2D eigenvalue weighted by Gasteiger charge is -2.16. The van der Waals surface area contributed by atoms with Crippen LogP contribution < -0.4 is 10.1 Å². The summed E-state index contributed by atoms with van der Waals surface area (Å²) in [5.74, 6) is -0.276. The van der Waals surface area contributed by atoms with E-state index in [1.165, 1.54) is 18.9 Å². The zero-order chi connectivity index (χ0) is 13.4. The van der Waals surface area contributed by atoms with E-state index in [0.29, 0.717) is 6.54 Å². The van der Waals surface area contributed by atoms with E-state index in [9.17, 15) is 4.39 Å². The number of hydrogen-bond donors (Lipinski definition) is 1. The van der Waals surface area contributed by atoms with Crippen LogP contribution in [-0.2, 0) is 0 Å². The lowest BCUT2D eigenvalue weighted by Crippen LogP contribution is -2.29. The van der Waals surface area contributed by atoms with Gasteiger partial charge < -0.3 is 10.1 Å². The monoisotopic (exact) mass is 273 g/mol. The third-order valence-electron chi connectivity index (χ3n) is 2.63. The quantitative estimate of drug-likeness (QED) is 0.722. The van der Waals surface area contributed by atoms with E-state index in [2.05, 4.69) is 12.2 Å². The lowest BCUT2D eigenvalue weighted by atomic mass is 10.2. The first-order valence-electron chi connectivity index (χ1n) is 6.46. The predicted octanol–water partition coefficient (Wildman–Crippen LogP) is 4.03. The molecular formula is C14H21ClFNO. The van der Waals surface area contributed by atoms with E-state index in [0.717, 1.165) is 13.0 Å². The number of rotatable bonds is 8. The minimum absolute atomic E-state index is 0.0837. The third-order valence-corrected chi connectivity index (χ3v) is 2.93. The molecule has 1 atom stereocenters. The molecule has 0 aliphatic heterocycles. The van der Waals surface area contributed by atoms with Gasteiger partial charge in [0.15, 0.2) is 11.6 Å². The summed E-state index contributed by atoms with van der Waals surface area (Å²) in [5.41, 5.74) is 0. The van der Waals surface area contributed by atoms with Crippen LogP contribution in [0.25, 0.3) is 0 Å². The van der Waals surface area contributed by atoms with E-state index < -0.39 is 5.82 Å². The van der Waals surface area contributed by atoms with E-state index in [-0.39, 0.29) is 16.9 Å². The van der Waals surface area contributed by atoms with Gasteiger partial charge in [0, 0.05) is 6.54 Å². The second-order valence-electron chi connectivity index (χ2n) is 4.39. The third kappa shape index (κ3) is 5.23. The molecule has 1 aromatic carbocycles. The van der Waals surface area contributed by atoms with Gasteiger partial charge in [0.05, 0.1) is 5.02 Å². The Bertz CT molecular complexity index is 360.